The normalized spacial score (nSPS) is 11.6. The summed E-state index contributed by atoms with van der Waals surface area (Å²) >= 11 is 11.9. The number of anilines is 1. The molecule has 0 bridgehead atoms. The van der Waals surface area contributed by atoms with Crippen LogP contribution in [-0.2, 0) is 24.3 Å². The highest BCUT2D eigenvalue weighted by Crippen LogP contribution is 2.26. The zero-order valence-corrected chi connectivity index (χ0v) is 17.9. The number of hydrogen-bond acceptors (Lipinski definition) is 5. The Balaban J connectivity index is 1.98. The van der Waals surface area contributed by atoms with Gasteiger partial charge in [-0.2, -0.15) is 0 Å². The van der Waals surface area contributed by atoms with Crippen molar-refractivity contribution >= 4 is 56.9 Å². The summed E-state index contributed by atoms with van der Waals surface area (Å²) in [5, 5.41) is 2.95. The van der Waals surface area contributed by atoms with Gasteiger partial charge >= 0.3 is 5.97 Å². The zero-order chi connectivity index (χ0) is 21.6. The molecule has 1 N–H and O–H groups in total. The Kier molecular flexibility index (Phi) is 7.80. The molecule has 1 amide bonds. The molecule has 7 nitrogen and oxygen atoms in total. The third-order valence-corrected chi connectivity index (χ3v) is 6.26. The molecular formula is C19H18Cl2N2O5S. The van der Waals surface area contributed by atoms with E-state index in [9.17, 15) is 18.0 Å². The largest absolute Gasteiger partial charge is 0.452 e. The molecule has 10 heteroatoms. The van der Waals surface area contributed by atoms with Crippen LogP contribution in [0.2, 0.25) is 10.0 Å². The molecule has 2 rings (SSSR count). The van der Waals surface area contributed by atoms with Crippen LogP contribution >= 0.6 is 23.2 Å². The van der Waals surface area contributed by atoms with Crippen LogP contribution in [0.1, 0.15) is 5.56 Å². The molecule has 154 valence electrons. The fraction of sp³-hybridized carbons (Fsp3) is 0.158. The number of hydrogen-bond donors (Lipinski definition) is 1. The van der Waals surface area contributed by atoms with Gasteiger partial charge in [0.1, 0.15) is 4.90 Å². The highest BCUT2D eigenvalue weighted by atomic mass is 35.5. The lowest BCUT2D eigenvalue weighted by molar-refractivity contribution is -0.142. The third kappa shape index (κ3) is 6.30. The highest BCUT2D eigenvalue weighted by Gasteiger charge is 2.21. The van der Waals surface area contributed by atoms with Gasteiger partial charge in [0, 0.05) is 30.9 Å². The second-order valence-corrected chi connectivity index (χ2v) is 8.88. The standard InChI is InChI=1S/C19H18Cl2N2O5S/c1-23(2)29(26,27)17-11-14(8-9-16(17)21)22-18(24)12-28-19(25)10-7-13-5-3-4-6-15(13)20/h3-11H,12H2,1-2H3,(H,22,24)/b10-7+. The zero-order valence-electron chi connectivity index (χ0n) is 15.6. The van der Waals surface area contributed by atoms with Crippen LogP contribution in [0.25, 0.3) is 6.08 Å². The summed E-state index contributed by atoms with van der Waals surface area (Å²) in [6, 6.07) is 10.9. The van der Waals surface area contributed by atoms with Gasteiger partial charge in [-0.25, -0.2) is 17.5 Å². The molecule has 0 saturated heterocycles. The van der Waals surface area contributed by atoms with Crippen LogP contribution in [0.4, 0.5) is 5.69 Å². The summed E-state index contributed by atoms with van der Waals surface area (Å²) in [6.07, 6.45) is 2.62. The first kappa shape index (κ1) is 22.9. The minimum absolute atomic E-state index is 0.0211. The van der Waals surface area contributed by atoms with Gasteiger partial charge in [0.25, 0.3) is 5.91 Å². The average Bonchev–Trinajstić information content (AvgIpc) is 2.67. The lowest BCUT2D eigenvalue weighted by Gasteiger charge is -2.14. The van der Waals surface area contributed by atoms with Crippen molar-refractivity contribution in [1.82, 2.24) is 4.31 Å². The van der Waals surface area contributed by atoms with Gasteiger partial charge in [-0.05, 0) is 35.9 Å². The van der Waals surface area contributed by atoms with E-state index in [1.807, 2.05) is 0 Å². The first-order valence-corrected chi connectivity index (χ1v) is 10.4. The number of benzene rings is 2. The topological polar surface area (TPSA) is 92.8 Å². The van der Waals surface area contributed by atoms with E-state index in [2.05, 4.69) is 5.32 Å². The Morgan fingerprint density at radius 2 is 1.79 bits per heavy atom. The molecule has 2 aromatic rings. The molecule has 0 radical (unpaired) electrons. The number of rotatable bonds is 7. The van der Waals surface area contributed by atoms with Crippen LogP contribution in [0.3, 0.4) is 0 Å². The van der Waals surface area contributed by atoms with Crippen LogP contribution in [0, 0.1) is 0 Å². The van der Waals surface area contributed by atoms with E-state index >= 15 is 0 Å². The van der Waals surface area contributed by atoms with Gasteiger partial charge in [-0.3, -0.25) is 4.79 Å². The highest BCUT2D eigenvalue weighted by molar-refractivity contribution is 7.89. The first-order valence-electron chi connectivity index (χ1n) is 8.22. The number of amides is 1. The van der Waals surface area contributed by atoms with E-state index in [1.165, 1.54) is 38.4 Å². The third-order valence-electron chi connectivity index (χ3n) is 3.62. The minimum atomic E-state index is -3.78. The Hall–Kier alpha value is -2.39. The van der Waals surface area contributed by atoms with Crippen LogP contribution in [0.15, 0.2) is 53.4 Å². The Morgan fingerprint density at radius 1 is 1.10 bits per heavy atom. The quantitative estimate of drug-likeness (QED) is 0.508. The Bertz CT molecular complexity index is 1050. The Morgan fingerprint density at radius 3 is 2.45 bits per heavy atom. The van der Waals surface area contributed by atoms with Crippen LogP contribution < -0.4 is 5.32 Å². The molecule has 0 aliphatic carbocycles. The number of nitrogens with one attached hydrogen (secondary N) is 1. The predicted molar refractivity (Wildman–Crippen MR) is 112 cm³/mol. The number of carbonyl (C=O) groups is 2. The van der Waals surface area contributed by atoms with Crippen molar-refractivity contribution in [1.29, 1.82) is 0 Å². The number of ether oxygens (including phenoxy) is 1. The second kappa shape index (κ2) is 9.89. The fourth-order valence-electron chi connectivity index (χ4n) is 2.13. The number of nitrogens with zero attached hydrogens (tertiary/aromatic N) is 1. The minimum Gasteiger partial charge on any atom is -0.452 e. The summed E-state index contributed by atoms with van der Waals surface area (Å²) in [5.41, 5.74) is 0.828. The first-order chi connectivity index (χ1) is 13.6. The van der Waals surface area contributed by atoms with E-state index in [0.29, 0.717) is 10.6 Å². The molecule has 0 atom stereocenters. The number of sulfonamides is 1. The fourth-order valence-corrected chi connectivity index (χ4v) is 3.72. The van der Waals surface area contributed by atoms with E-state index in [4.69, 9.17) is 27.9 Å². The molecule has 0 fully saturated rings. The molecule has 0 spiro atoms. The van der Waals surface area contributed by atoms with Crippen molar-refractivity contribution in [2.75, 3.05) is 26.0 Å². The number of esters is 1. The van der Waals surface area contributed by atoms with Crippen molar-refractivity contribution in [3.05, 3.63) is 64.1 Å². The van der Waals surface area contributed by atoms with E-state index in [-0.39, 0.29) is 15.6 Å². The molecule has 0 aliphatic heterocycles. The van der Waals surface area contributed by atoms with Crippen LogP contribution in [-0.4, -0.2) is 45.3 Å². The van der Waals surface area contributed by atoms with Gasteiger partial charge in [-0.15, -0.1) is 0 Å². The maximum absolute atomic E-state index is 12.3. The lowest BCUT2D eigenvalue weighted by Crippen LogP contribution is -2.23. The van der Waals surface area contributed by atoms with Gasteiger partial charge in [0.2, 0.25) is 10.0 Å². The molecule has 0 heterocycles. The molecule has 0 aliphatic rings. The SMILES string of the molecule is CN(C)S(=O)(=O)c1cc(NC(=O)COC(=O)/C=C/c2ccccc2Cl)ccc1Cl. The van der Waals surface area contributed by atoms with Crippen molar-refractivity contribution in [3.8, 4) is 0 Å². The summed E-state index contributed by atoms with van der Waals surface area (Å²) in [5.74, 6) is -1.37. The molecule has 0 aromatic heterocycles. The van der Waals surface area contributed by atoms with Crippen molar-refractivity contribution in [3.63, 3.8) is 0 Å². The van der Waals surface area contributed by atoms with Gasteiger partial charge in [0.05, 0.1) is 5.02 Å². The average molecular weight is 457 g/mol. The second-order valence-electron chi connectivity index (χ2n) is 5.94. The number of halogens is 2. The predicted octanol–water partition coefficient (Wildman–Crippen LogP) is 3.44. The van der Waals surface area contributed by atoms with Gasteiger partial charge in [0.15, 0.2) is 6.61 Å². The maximum atomic E-state index is 12.3. The van der Waals surface area contributed by atoms with Crippen molar-refractivity contribution in [2.45, 2.75) is 4.90 Å². The Labute approximate surface area is 178 Å². The summed E-state index contributed by atoms with van der Waals surface area (Å²) in [4.78, 5) is 23.6. The molecule has 0 unspecified atom stereocenters. The monoisotopic (exact) mass is 456 g/mol. The summed E-state index contributed by atoms with van der Waals surface area (Å²) in [7, 11) is -1.05. The molecular weight excluding hydrogens is 439 g/mol. The van der Waals surface area contributed by atoms with Gasteiger partial charge < -0.3 is 10.1 Å². The number of carbonyl (C=O) groups excluding carboxylic acids is 2. The van der Waals surface area contributed by atoms with Gasteiger partial charge in [-0.1, -0.05) is 41.4 Å². The summed E-state index contributed by atoms with van der Waals surface area (Å²) in [6.45, 7) is -0.552. The summed E-state index contributed by atoms with van der Waals surface area (Å²) < 4.78 is 30.4. The van der Waals surface area contributed by atoms with Crippen LogP contribution in [0.5, 0.6) is 0 Å². The molecule has 2 aromatic carbocycles. The lowest BCUT2D eigenvalue weighted by atomic mass is 10.2. The van der Waals surface area contributed by atoms with Crippen molar-refractivity contribution < 1.29 is 22.7 Å². The maximum Gasteiger partial charge on any atom is 0.331 e. The van der Waals surface area contributed by atoms with Crippen molar-refractivity contribution in [2.24, 2.45) is 0 Å². The molecule has 29 heavy (non-hydrogen) atoms. The van der Waals surface area contributed by atoms with E-state index < -0.39 is 28.5 Å². The smallest absolute Gasteiger partial charge is 0.331 e. The molecule has 0 saturated carbocycles. The van der Waals surface area contributed by atoms with E-state index in [1.54, 1.807) is 24.3 Å². The van der Waals surface area contributed by atoms with E-state index in [0.717, 1.165) is 10.4 Å².